The number of rotatable bonds is 10. The largest absolute Gasteiger partial charge is 0.407 e. The van der Waals surface area contributed by atoms with E-state index in [1.165, 1.54) is 47.7 Å². The second-order valence-corrected chi connectivity index (χ2v) is 12.0. The fourth-order valence-electron chi connectivity index (χ4n) is 3.80. The molecule has 0 aliphatic carbocycles. The molecule has 0 fully saturated rings. The molecule has 0 saturated heterocycles. The lowest BCUT2D eigenvalue weighted by Gasteiger charge is -2.28. The molecule has 0 unspecified atom stereocenters. The van der Waals surface area contributed by atoms with Crippen molar-refractivity contribution in [2.75, 3.05) is 12.8 Å². The molecule has 12 heteroatoms. The van der Waals surface area contributed by atoms with Crippen LogP contribution in [0.1, 0.15) is 31.9 Å². The second kappa shape index (κ2) is 12.1. The van der Waals surface area contributed by atoms with Crippen LogP contribution in [-0.2, 0) is 14.6 Å². The summed E-state index contributed by atoms with van der Waals surface area (Å²) in [5, 5.41) is 15.8. The summed E-state index contributed by atoms with van der Waals surface area (Å²) in [6, 6.07) is 10.6. The summed E-state index contributed by atoms with van der Waals surface area (Å²) in [6.45, 7) is 3.29. The van der Waals surface area contributed by atoms with Gasteiger partial charge in [-0.25, -0.2) is 13.4 Å². The van der Waals surface area contributed by atoms with Crippen molar-refractivity contribution in [1.29, 1.82) is 5.26 Å². The number of alkyl halides is 3. The summed E-state index contributed by atoms with van der Waals surface area (Å²) in [6.07, 6.45) is -3.40. The van der Waals surface area contributed by atoms with E-state index in [9.17, 15) is 26.4 Å². The van der Waals surface area contributed by atoms with Crippen molar-refractivity contribution in [2.45, 2.75) is 43.4 Å². The molecule has 0 saturated carbocycles. The van der Waals surface area contributed by atoms with Crippen molar-refractivity contribution in [2.24, 2.45) is 5.92 Å². The molecule has 38 heavy (non-hydrogen) atoms. The minimum absolute atomic E-state index is 0.0615. The number of nitriles is 1. The lowest BCUT2D eigenvalue weighted by atomic mass is 9.98. The van der Waals surface area contributed by atoms with Crippen LogP contribution in [0.4, 0.5) is 13.2 Å². The molecule has 3 rings (SSSR count). The Balaban J connectivity index is 1.86. The van der Waals surface area contributed by atoms with Gasteiger partial charge in [-0.15, -0.1) is 11.3 Å². The second-order valence-electron chi connectivity index (χ2n) is 9.16. The molecule has 0 aliphatic heterocycles. The van der Waals surface area contributed by atoms with Gasteiger partial charge in [-0.1, -0.05) is 50.2 Å². The van der Waals surface area contributed by atoms with E-state index in [1.807, 2.05) is 0 Å². The van der Waals surface area contributed by atoms with Crippen LogP contribution in [0.5, 0.6) is 0 Å². The van der Waals surface area contributed by atoms with E-state index >= 15 is 0 Å². The van der Waals surface area contributed by atoms with Gasteiger partial charge in [0, 0.05) is 22.8 Å². The highest BCUT2D eigenvalue weighted by Gasteiger charge is 2.42. The van der Waals surface area contributed by atoms with Gasteiger partial charge >= 0.3 is 6.18 Å². The van der Waals surface area contributed by atoms with Crippen LogP contribution in [0.15, 0.2) is 58.8 Å². The number of carbonyl (C=O) groups is 1. The Morgan fingerprint density at radius 1 is 1.13 bits per heavy atom. The van der Waals surface area contributed by atoms with Crippen LogP contribution in [0, 0.1) is 17.2 Å². The van der Waals surface area contributed by atoms with E-state index in [0.29, 0.717) is 21.8 Å². The lowest BCUT2D eigenvalue weighted by Crippen LogP contribution is -2.49. The first-order chi connectivity index (χ1) is 17.8. The summed E-state index contributed by atoms with van der Waals surface area (Å²) >= 11 is 1.29. The average Bonchev–Trinajstić information content (AvgIpc) is 3.34. The molecule has 2 N–H and O–H groups in total. The summed E-state index contributed by atoms with van der Waals surface area (Å²) in [5.41, 5.74) is 1.67. The average molecular weight is 565 g/mol. The van der Waals surface area contributed by atoms with Crippen LogP contribution in [0.3, 0.4) is 0 Å². The van der Waals surface area contributed by atoms with Gasteiger partial charge in [0.05, 0.1) is 22.7 Å². The molecule has 0 spiro atoms. The number of carbonyl (C=O) groups excluding carboxylic acids is 1. The predicted molar refractivity (Wildman–Crippen MR) is 140 cm³/mol. The fourth-order valence-corrected chi connectivity index (χ4v) is 5.29. The van der Waals surface area contributed by atoms with E-state index in [2.05, 4.69) is 15.6 Å². The van der Waals surface area contributed by atoms with E-state index < -0.39 is 34.0 Å². The van der Waals surface area contributed by atoms with Gasteiger partial charge in [0.2, 0.25) is 5.91 Å². The van der Waals surface area contributed by atoms with Crippen molar-refractivity contribution in [3.63, 3.8) is 0 Å². The topological polar surface area (TPSA) is 112 Å². The molecule has 7 nitrogen and oxygen atoms in total. The van der Waals surface area contributed by atoms with Crippen LogP contribution >= 0.6 is 11.3 Å². The third kappa shape index (κ3) is 7.63. The number of hydrogen-bond acceptors (Lipinski definition) is 7. The first-order valence-corrected chi connectivity index (χ1v) is 14.4. The maximum Gasteiger partial charge on any atom is 0.407 e. The van der Waals surface area contributed by atoms with Crippen molar-refractivity contribution in [1.82, 2.24) is 15.6 Å². The number of aromatic nitrogens is 1. The molecule has 0 bridgehead atoms. The zero-order valence-electron chi connectivity index (χ0n) is 20.9. The van der Waals surface area contributed by atoms with Gasteiger partial charge in [0.1, 0.15) is 17.6 Å². The molecular weight excluding hydrogens is 537 g/mol. The smallest absolute Gasteiger partial charge is 0.342 e. The maximum atomic E-state index is 14.0. The molecule has 202 valence electrons. The SMILES string of the molecule is CC(C)C[C@H](N[C@@H](c1ccc(-c2csc(-c3cccc(S(C)(=O)=O)c3)n2)cc1)C(F)(F)F)C(=O)NCC#N. The molecule has 1 aromatic heterocycles. The van der Waals surface area contributed by atoms with E-state index in [1.54, 1.807) is 37.4 Å². The van der Waals surface area contributed by atoms with Gasteiger partial charge in [0.15, 0.2) is 9.84 Å². The monoisotopic (exact) mass is 564 g/mol. The quantitative estimate of drug-likeness (QED) is 0.330. The first kappa shape index (κ1) is 29.3. The van der Waals surface area contributed by atoms with Gasteiger partial charge in [-0.3, -0.25) is 10.1 Å². The third-order valence-electron chi connectivity index (χ3n) is 5.61. The number of benzene rings is 2. The van der Waals surface area contributed by atoms with Crippen LogP contribution in [-0.4, -0.2) is 44.3 Å². The Hall–Kier alpha value is -3.27. The number of amides is 1. The van der Waals surface area contributed by atoms with E-state index in [0.717, 1.165) is 6.26 Å². The highest BCUT2D eigenvalue weighted by molar-refractivity contribution is 7.90. The first-order valence-electron chi connectivity index (χ1n) is 11.6. The molecule has 3 aromatic rings. The minimum atomic E-state index is -4.68. The summed E-state index contributed by atoms with van der Waals surface area (Å²) in [4.78, 5) is 17.1. The number of hydrogen-bond donors (Lipinski definition) is 2. The van der Waals surface area contributed by atoms with Crippen molar-refractivity contribution >= 4 is 27.1 Å². The van der Waals surface area contributed by atoms with Gasteiger partial charge in [-0.05, 0) is 30.0 Å². The summed E-state index contributed by atoms with van der Waals surface area (Å²) in [7, 11) is -3.39. The lowest BCUT2D eigenvalue weighted by molar-refractivity contribution is -0.161. The number of sulfone groups is 1. The molecule has 0 aliphatic rings. The highest BCUT2D eigenvalue weighted by Crippen LogP contribution is 2.35. The molecule has 2 atom stereocenters. The van der Waals surface area contributed by atoms with Crippen molar-refractivity contribution in [3.8, 4) is 27.9 Å². The van der Waals surface area contributed by atoms with Crippen molar-refractivity contribution in [3.05, 3.63) is 59.5 Å². The number of nitrogens with zero attached hydrogens (tertiary/aromatic N) is 2. The van der Waals surface area contributed by atoms with Crippen LogP contribution in [0.2, 0.25) is 0 Å². The number of halogens is 3. The van der Waals surface area contributed by atoms with Crippen LogP contribution in [0.25, 0.3) is 21.8 Å². The molecule has 1 heterocycles. The Kier molecular flexibility index (Phi) is 9.30. The van der Waals surface area contributed by atoms with Gasteiger partial charge in [0.25, 0.3) is 0 Å². The molecule has 1 amide bonds. The predicted octanol–water partition coefficient (Wildman–Crippen LogP) is 5.13. The van der Waals surface area contributed by atoms with Gasteiger partial charge < -0.3 is 5.32 Å². The van der Waals surface area contributed by atoms with Gasteiger partial charge in [-0.2, -0.15) is 18.4 Å². The third-order valence-corrected chi connectivity index (χ3v) is 7.62. The summed E-state index contributed by atoms with van der Waals surface area (Å²) < 4.78 is 65.9. The molecule has 2 aromatic carbocycles. The zero-order valence-corrected chi connectivity index (χ0v) is 22.5. The zero-order chi connectivity index (χ0) is 28.1. The Bertz CT molecular complexity index is 1410. The Morgan fingerprint density at radius 2 is 1.82 bits per heavy atom. The summed E-state index contributed by atoms with van der Waals surface area (Å²) in [5.74, 6) is -0.727. The Labute approximate surface area is 223 Å². The molecule has 0 radical (unpaired) electrons. The normalized spacial score (nSPS) is 13.6. The fraction of sp³-hybridized carbons (Fsp3) is 0.346. The molecular formula is C26H27F3N4O3S2. The van der Waals surface area contributed by atoms with Crippen LogP contribution < -0.4 is 10.6 Å². The van der Waals surface area contributed by atoms with E-state index in [4.69, 9.17) is 5.26 Å². The number of thiazole rings is 1. The Morgan fingerprint density at radius 3 is 2.39 bits per heavy atom. The van der Waals surface area contributed by atoms with E-state index in [-0.39, 0.29) is 29.3 Å². The standard InChI is InChI=1S/C26H27F3N4O3S2/c1-16(2)13-21(24(34)31-12-11-30)32-23(26(27,28)29)18-9-7-17(8-10-18)22-15-37-25(33-22)19-5-4-6-20(14-19)38(3,35)36/h4-10,14-16,21,23,32H,12-13H2,1-3H3,(H,31,34)/t21-,23-/m0/s1. The number of nitrogens with one attached hydrogen (secondary N) is 2. The van der Waals surface area contributed by atoms with Crippen molar-refractivity contribution < 1.29 is 26.4 Å². The maximum absolute atomic E-state index is 14.0. The minimum Gasteiger partial charge on any atom is -0.342 e. The highest BCUT2D eigenvalue weighted by atomic mass is 32.2.